The molecule has 0 N–H and O–H groups in total. The van der Waals surface area contributed by atoms with Gasteiger partial charge in [0, 0.05) is 0 Å². The van der Waals surface area contributed by atoms with Crippen LogP contribution in [0, 0.1) is 33.3 Å². The summed E-state index contributed by atoms with van der Waals surface area (Å²) < 4.78 is 54.8. The van der Waals surface area contributed by atoms with Gasteiger partial charge in [0.2, 0.25) is 0 Å². The average molecular weight is 442 g/mol. The quantitative estimate of drug-likeness (QED) is 0.191. The fourth-order valence-electron chi connectivity index (χ4n) is 1.07. The normalized spacial score (nSPS) is 7.89. The zero-order valence-corrected chi connectivity index (χ0v) is 18.2. The second-order valence-corrected chi connectivity index (χ2v) is 7.77. The molecule has 0 amide bonds. The molecular formula is C17H27CrO8P. The van der Waals surface area contributed by atoms with Crippen LogP contribution in [0.25, 0.3) is 0 Å². The molecule has 0 bridgehead atoms. The number of rotatable bonds is 12. The molecule has 0 heterocycles. The molecule has 154 valence electrons. The fourth-order valence-corrected chi connectivity index (χ4v) is 3.40. The van der Waals surface area contributed by atoms with Gasteiger partial charge in [0.15, 0.2) is 0 Å². The Morgan fingerprint density at radius 2 is 0.741 bits per heavy atom. The summed E-state index contributed by atoms with van der Waals surface area (Å²) >= 11 is 3.01. The molecule has 0 spiro atoms. The monoisotopic (exact) mass is 442 g/mol. The molecule has 0 rings (SSSR count). The van der Waals surface area contributed by atoms with Crippen molar-refractivity contribution in [3.8, 4) is 0 Å². The molecule has 0 unspecified atom stereocenters. The van der Waals surface area contributed by atoms with Gasteiger partial charge in [-0.15, -0.1) is 0 Å². The minimum atomic E-state index is -2.18. The van der Waals surface area contributed by atoms with E-state index in [9.17, 15) is 0 Å². The summed E-state index contributed by atoms with van der Waals surface area (Å²) in [6.45, 7) is 31.1. The van der Waals surface area contributed by atoms with Crippen LogP contribution in [0.3, 0.4) is 0 Å². The summed E-state index contributed by atoms with van der Waals surface area (Å²) in [6, 6.07) is 0. The molecule has 0 aliphatic heterocycles. The Kier molecular flexibility index (Phi) is 76.0. The number of unbranched alkanes of at least 4 members (excludes halogenated alkanes) is 3. The van der Waals surface area contributed by atoms with Crippen LogP contribution in [0.15, 0.2) is 0 Å². The minimum absolute atomic E-state index is 0.718. The standard InChI is InChI=1S/C12H27O3P.5CO.Cr/c1-4-7-10-13-16(14-11-8-5-2)15-12-9-6-3;5*1-2;/h4-12H2,1-3H3;;;;;;. The van der Waals surface area contributed by atoms with E-state index >= 15 is 0 Å². The predicted molar refractivity (Wildman–Crippen MR) is 89.1 cm³/mol. The van der Waals surface area contributed by atoms with E-state index in [1.165, 1.54) is 0 Å². The van der Waals surface area contributed by atoms with E-state index < -0.39 is 6.15 Å². The Hall–Kier alpha value is -0.458. The summed E-state index contributed by atoms with van der Waals surface area (Å²) in [7, 11) is 0. The van der Waals surface area contributed by atoms with E-state index in [2.05, 4.69) is 69.4 Å². The third-order valence-electron chi connectivity index (χ3n) is 2.24. The Labute approximate surface area is 171 Å². The maximum atomic E-state index is 7.50. The molecule has 0 aliphatic rings. The topological polar surface area (TPSA) is 127 Å². The molecule has 8 nitrogen and oxygen atoms in total. The van der Waals surface area contributed by atoms with E-state index in [0.717, 1.165) is 58.3 Å². The van der Waals surface area contributed by atoms with E-state index in [1.807, 2.05) is 0 Å². The van der Waals surface area contributed by atoms with Crippen LogP contribution in [-0.2, 0) is 52.2 Å². The van der Waals surface area contributed by atoms with E-state index in [1.54, 1.807) is 0 Å². The molecule has 0 aromatic rings. The van der Waals surface area contributed by atoms with Gasteiger partial charge in [0.25, 0.3) is 0 Å². The van der Waals surface area contributed by atoms with Crippen molar-refractivity contribution in [1.29, 1.82) is 0 Å². The first-order chi connectivity index (χ1) is 13.2. The third kappa shape index (κ3) is 46.0. The molecule has 0 radical (unpaired) electrons. The molecule has 0 aliphatic carbocycles. The molecule has 0 saturated carbocycles. The van der Waals surface area contributed by atoms with Crippen molar-refractivity contribution in [2.24, 2.45) is 0 Å². The van der Waals surface area contributed by atoms with Crippen LogP contribution in [0.5, 0.6) is 0 Å². The summed E-state index contributed by atoms with van der Waals surface area (Å²) in [5.74, 6) is 0. The van der Waals surface area contributed by atoms with Crippen LogP contribution < -0.4 is 0 Å². The molecule has 0 aromatic carbocycles. The second-order valence-electron chi connectivity index (χ2n) is 4.01. The Bertz CT molecular complexity index is 323. The van der Waals surface area contributed by atoms with Crippen molar-refractivity contribution >= 4 is 6.15 Å². The summed E-state index contributed by atoms with van der Waals surface area (Å²) in [6.07, 6.45) is 4.36. The van der Waals surface area contributed by atoms with Gasteiger partial charge in [0.05, 0.1) is 0 Å². The molecule has 10 heteroatoms. The zero-order chi connectivity index (χ0) is 23.0. The fraction of sp³-hybridized carbons (Fsp3) is 0.706. The molecule has 0 aromatic heterocycles. The molecule has 0 fully saturated rings. The zero-order valence-electron chi connectivity index (χ0n) is 16.0. The molecule has 0 saturated heterocycles. The Balaban J connectivity index is -0.0000000945. The molecular weight excluding hydrogens is 415 g/mol. The Morgan fingerprint density at radius 1 is 0.556 bits per heavy atom. The van der Waals surface area contributed by atoms with Gasteiger partial charge in [-0.05, 0) is 0 Å². The van der Waals surface area contributed by atoms with E-state index in [0.29, 0.717) is 0 Å². The van der Waals surface area contributed by atoms with Gasteiger partial charge < -0.3 is 0 Å². The van der Waals surface area contributed by atoms with Gasteiger partial charge in [-0.3, -0.25) is 0 Å². The first kappa shape index (κ1) is 41.0. The van der Waals surface area contributed by atoms with Gasteiger partial charge in [0.1, 0.15) is 0 Å². The van der Waals surface area contributed by atoms with E-state index in [-0.39, 0.29) is 0 Å². The van der Waals surface area contributed by atoms with Crippen LogP contribution in [0.2, 0.25) is 0 Å². The molecule has 27 heavy (non-hydrogen) atoms. The van der Waals surface area contributed by atoms with Crippen molar-refractivity contribution in [1.82, 2.24) is 0 Å². The van der Waals surface area contributed by atoms with Crippen molar-refractivity contribution in [3.05, 3.63) is 33.3 Å². The van der Waals surface area contributed by atoms with Crippen molar-refractivity contribution < 1.29 is 52.2 Å². The number of hydrogen-bond acceptors (Lipinski definition) is 3. The van der Waals surface area contributed by atoms with Crippen LogP contribution in [0.1, 0.15) is 59.3 Å². The third-order valence-corrected chi connectivity index (χ3v) is 5.22. The van der Waals surface area contributed by atoms with Crippen LogP contribution >= 0.6 is 6.15 Å². The van der Waals surface area contributed by atoms with E-state index in [4.69, 9.17) is 36.8 Å². The van der Waals surface area contributed by atoms with Crippen molar-refractivity contribution in [3.63, 3.8) is 0 Å². The van der Waals surface area contributed by atoms with Crippen molar-refractivity contribution in [2.75, 3.05) is 19.8 Å². The van der Waals surface area contributed by atoms with Gasteiger partial charge in [-0.25, -0.2) is 0 Å². The van der Waals surface area contributed by atoms with Gasteiger partial charge in [-0.1, -0.05) is 0 Å². The second kappa shape index (κ2) is 50.0. The predicted octanol–water partition coefficient (Wildman–Crippen LogP) is 4.47. The van der Waals surface area contributed by atoms with Gasteiger partial charge >= 0.3 is 171 Å². The van der Waals surface area contributed by atoms with Crippen molar-refractivity contribution in [2.45, 2.75) is 59.3 Å². The summed E-state index contributed by atoms with van der Waals surface area (Å²) in [4.78, 5) is 0. The molecule has 0 atom stereocenters. The van der Waals surface area contributed by atoms with Crippen LogP contribution in [-0.4, -0.2) is 19.8 Å². The van der Waals surface area contributed by atoms with Crippen LogP contribution in [0.4, 0.5) is 0 Å². The first-order valence-corrected chi connectivity index (χ1v) is 10.9. The number of hydrogen-bond donors (Lipinski definition) is 0. The first-order valence-electron chi connectivity index (χ1n) is 7.74. The SMILES string of the molecule is CCCCO[P](=[Cr])(OCCCC)OCCCC.[C-]#[O+].[C-]#[O+].[C-]#[O+].[C-]#[O+].[C-]#[O+]. The summed E-state index contributed by atoms with van der Waals surface area (Å²) in [5, 5.41) is 0. The Morgan fingerprint density at radius 3 is 0.889 bits per heavy atom. The average Bonchev–Trinajstić information content (AvgIpc) is 2.76. The van der Waals surface area contributed by atoms with Gasteiger partial charge in [-0.2, -0.15) is 0 Å². The summed E-state index contributed by atoms with van der Waals surface area (Å²) in [5.41, 5.74) is 0. The maximum absolute atomic E-state index is 7.50.